The molecule has 0 amide bonds. The van der Waals surface area contributed by atoms with Gasteiger partial charge in [0.25, 0.3) is 0 Å². The summed E-state index contributed by atoms with van der Waals surface area (Å²) in [5.41, 5.74) is 15.8. The predicted octanol–water partition coefficient (Wildman–Crippen LogP) is 15.9. The number of hydrogen-bond donors (Lipinski definition) is 2. The van der Waals surface area contributed by atoms with Gasteiger partial charge in [0.15, 0.2) is 0 Å². The SMILES string of the molecule is Brc1ccc(Br)cc1.CCCCCCc1ccc(Cc2ccc(Nc3ccc(CCCCCC)cc3)cc2)cc1.CCCCCCc1ccc(N)cc1. The number of hydrogen-bond acceptors (Lipinski definition) is 2. The van der Waals surface area contributed by atoms with Crippen molar-refractivity contribution in [3.05, 3.63) is 158 Å². The van der Waals surface area contributed by atoms with Gasteiger partial charge in [-0.05, 0) is 133 Å². The van der Waals surface area contributed by atoms with Gasteiger partial charge in [-0.25, -0.2) is 0 Å². The van der Waals surface area contributed by atoms with Gasteiger partial charge in [0, 0.05) is 26.0 Å². The topological polar surface area (TPSA) is 38.0 Å². The van der Waals surface area contributed by atoms with Crippen LogP contribution in [0.5, 0.6) is 0 Å². The molecule has 0 aliphatic heterocycles. The zero-order valence-electron chi connectivity index (χ0n) is 32.7. The van der Waals surface area contributed by atoms with Crippen LogP contribution in [0.1, 0.15) is 126 Å². The average Bonchev–Trinajstić information content (AvgIpc) is 3.18. The van der Waals surface area contributed by atoms with E-state index in [4.69, 9.17) is 5.73 Å². The van der Waals surface area contributed by atoms with E-state index in [2.05, 4.69) is 143 Å². The molecule has 0 aromatic heterocycles. The quantitative estimate of drug-likeness (QED) is 0.0642. The Kier molecular flexibility index (Phi) is 22.7. The standard InChI is InChI=1S/C31H41N.C12H19N.C6H4Br2/c1-3-5-7-9-11-26-13-15-28(16-14-26)25-29-19-23-31(24-20-29)32-30-21-17-27(18-22-30)12-10-8-6-4-2;1-2-3-4-5-6-11-7-9-12(13)10-8-11;7-5-1-2-6(8)4-3-5/h13-24,32H,3-12,25H2,1-2H3;7-10H,2-6,13H2,1H3;1-4H. The van der Waals surface area contributed by atoms with E-state index in [0.717, 1.165) is 32.4 Å². The van der Waals surface area contributed by atoms with Crippen LogP contribution < -0.4 is 11.1 Å². The molecular weight excluding hydrogens is 776 g/mol. The molecule has 0 saturated carbocycles. The molecule has 5 aromatic carbocycles. The smallest absolute Gasteiger partial charge is 0.0384 e. The summed E-state index contributed by atoms with van der Waals surface area (Å²) in [6.07, 6.45) is 20.5. The maximum Gasteiger partial charge on any atom is 0.0384 e. The monoisotopic (exact) mass is 838 g/mol. The van der Waals surface area contributed by atoms with Crippen LogP contribution in [-0.4, -0.2) is 0 Å². The number of nitrogen functional groups attached to an aromatic ring is 1. The summed E-state index contributed by atoms with van der Waals surface area (Å²) in [7, 11) is 0. The first-order chi connectivity index (χ1) is 25.9. The second-order valence-electron chi connectivity index (χ2n) is 14.1. The molecule has 53 heavy (non-hydrogen) atoms. The van der Waals surface area contributed by atoms with Crippen LogP contribution in [-0.2, 0) is 25.7 Å². The van der Waals surface area contributed by atoms with E-state index in [1.807, 2.05) is 36.4 Å². The van der Waals surface area contributed by atoms with Gasteiger partial charge in [0.2, 0.25) is 0 Å². The lowest BCUT2D eigenvalue weighted by molar-refractivity contribution is 0.667. The average molecular weight is 841 g/mol. The van der Waals surface area contributed by atoms with E-state index < -0.39 is 0 Å². The first-order valence-electron chi connectivity index (χ1n) is 20.2. The van der Waals surface area contributed by atoms with E-state index in [0.29, 0.717) is 0 Å². The molecule has 284 valence electrons. The minimum atomic E-state index is 0.859. The van der Waals surface area contributed by atoms with Crippen LogP contribution in [0.3, 0.4) is 0 Å². The first-order valence-corrected chi connectivity index (χ1v) is 21.7. The highest BCUT2D eigenvalue weighted by Crippen LogP contribution is 2.21. The first kappa shape index (κ1) is 44.1. The summed E-state index contributed by atoms with van der Waals surface area (Å²) in [5.74, 6) is 0. The molecule has 0 fully saturated rings. The number of nitrogens with two attached hydrogens (primary N) is 1. The second-order valence-corrected chi connectivity index (χ2v) is 16.0. The van der Waals surface area contributed by atoms with E-state index in [1.54, 1.807) is 0 Å². The number of nitrogens with one attached hydrogen (secondary N) is 1. The molecule has 0 atom stereocenters. The number of rotatable bonds is 19. The molecule has 0 aliphatic carbocycles. The molecule has 4 heteroatoms. The molecule has 5 aromatic rings. The van der Waals surface area contributed by atoms with Gasteiger partial charge in [0.05, 0.1) is 0 Å². The molecule has 0 bridgehead atoms. The highest BCUT2D eigenvalue weighted by molar-refractivity contribution is 9.11. The third kappa shape index (κ3) is 20.1. The molecule has 0 radical (unpaired) electrons. The van der Waals surface area contributed by atoms with Crippen LogP contribution in [0.15, 0.2) is 130 Å². The number of halogens is 2. The van der Waals surface area contributed by atoms with Crippen molar-refractivity contribution in [2.45, 2.75) is 124 Å². The van der Waals surface area contributed by atoms with Crippen molar-refractivity contribution in [2.75, 3.05) is 11.1 Å². The van der Waals surface area contributed by atoms with Crippen molar-refractivity contribution < 1.29 is 0 Å². The molecule has 0 unspecified atom stereocenters. The molecule has 0 heterocycles. The van der Waals surface area contributed by atoms with Crippen molar-refractivity contribution in [2.24, 2.45) is 0 Å². The van der Waals surface area contributed by atoms with Gasteiger partial charge in [-0.15, -0.1) is 0 Å². The Hall–Kier alpha value is -3.34. The predicted molar refractivity (Wildman–Crippen MR) is 242 cm³/mol. The van der Waals surface area contributed by atoms with Gasteiger partial charge in [-0.1, -0.05) is 171 Å². The fourth-order valence-electron chi connectivity index (χ4n) is 6.07. The Morgan fingerprint density at radius 3 is 1.04 bits per heavy atom. The summed E-state index contributed by atoms with van der Waals surface area (Å²) in [4.78, 5) is 0. The third-order valence-electron chi connectivity index (χ3n) is 9.37. The maximum absolute atomic E-state index is 5.60. The highest BCUT2D eigenvalue weighted by Gasteiger charge is 2.01. The van der Waals surface area contributed by atoms with E-state index in [1.165, 1.54) is 124 Å². The third-order valence-corrected chi connectivity index (χ3v) is 10.4. The lowest BCUT2D eigenvalue weighted by Crippen LogP contribution is -1.93. The minimum absolute atomic E-state index is 0.859. The van der Waals surface area contributed by atoms with Crippen LogP contribution in [0.4, 0.5) is 17.1 Å². The summed E-state index contributed by atoms with van der Waals surface area (Å²) in [5, 5.41) is 3.53. The van der Waals surface area contributed by atoms with Crippen LogP contribution in [0.25, 0.3) is 0 Å². The van der Waals surface area contributed by atoms with Gasteiger partial charge in [-0.2, -0.15) is 0 Å². The number of aryl methyl sites for hydroxylation is 3. The zero-order valence-corrected chi connectivity index (χ0v) is 35.9. The Morgan fingerprint density at radius 1 is 0.377 bits per heavy atom. The van der Waals surface area contributed by atoms with E-state index in [-0.39, 0.29) is 0 Å². The maximum atomic E-state index is 5.60. The number of anilines is 3. The minimum Gasteiger partial charge on any atom is -0.399 e. The Balaban J connectivity index is 0.000000292. The van der Waals surface area contributed by atoms with Gasteiger partial charge < -0.3 is 11.1 Å². The Morgan fingerprint density at radius 2 is 0.679 bits per heavy atom. The molecule has 3 N–H and O–H groups in total. The molecule has 0 spiro atoms. The normalized spacial score (nSPS) is 10.5. The van der Waals surface area contributed by atoms with Crippen molar-refractivity contribution >= 4 is 48.9 Å². The number of benzene rings is 5. The lowest BCUT2D eigenvalue weighted by Gasteiger charge is -2.09. The fraction of sp³-hybridized carbons (Fsp3) is 0.388. The Labute approximate surface area is 339 Å². The summed E-state index contributed by atoms with van der Waals surface area (Å²) in [6, 6.07) is 43.2. The largest absolute Gasteiger partial charge is 0.399 e. The Bertz CT molecular complexity index is 1510. The van der Waals surface area contributed by atoms with Gasteiger partial charge in [-0.3, -0.25) is 0 Å². The fourth-order valence-corrected chi connectivity index (χ4v) is 6.60. The van der Waals surface area contributed by atoms with E-state index in [9.17, 15) is 0 Å². The van der Waals surface area contributed by atoms with Crippen molar-refractivity contribution in [1.82, 2.24) is 0 Å². The molecule has 2 nitrogen and oxygen atoms in total. The molecular formula is C49H64Br2N2. The van der Waals surface area contributed by atoms with Crippen LogP contribution in [0, 0.1) is 0 Å². The molecule has 5 rings (SSSR count). The summed E-state index contributed by atoms with van der Waals surface area (Å²) in [6.45, 7) is 6.77. The van der Waals surface area contributed by atoms with Crippen LogP contribution in [0.2, 0.25) is 0 Å². The second kappa shape index (κ2) is 27.3. The number of unbranched alkanes of at least 4 members (excludes halogenated alkanes) is 9. The summed E-state index contributed by atoms with van der Waals surface area (Å²) >= 11 is 6.65. The highest BCUT2D eigenvalue weighted by atomic mass is 79.9. The lowest BCUT2D eigenvalue weighted by atomic mass is 10.0. The van der Waals surface area contributed by atoms with Crippen LogP contribution >= 0.6 is 31.9 Å². The summed E-state index contributed by atoms with van der Waals surface area (Å²) < 4.78 is 2.22. The van der Waals surface area contributed by atoms with Gasteiger partial charge >= 0.3 is 0 Å². The zero-order chi connectivity index (χ0) is 37.9. The van der Waals surface area contributed by atoms with E-state index >= 15 is 0 Å². The van der Waals surface area contributed by atoms with Crippen molar-refractivity contribution in [3.63, 3.8) is 0 Å². The van der Waals surface area contributed by atoms with Crippen molar-refractivity contribution in [1.29, 1.82) is 0 Å². The molecule has 0 saturated heterocycles. The molecule has 0 aliphatic rings. The van der Waals surface area contributed by atoms with Crippen molar-refractivity contribution in [3.8, 4) is 0 Å². The van der Waals surface area contributed by atoms with Gasteiger partial charge in [0.1, 0.15) is 0 Å².